The predicted octanol–water partition coefficient (Wildman–Crippen LogP) is 1.54. The molecule has 0 bridgehead atoms. The molecule has 0 aromatic rings. The van der Waals surface area contributed by atoms with E-state index >= 15 is 0 Å². The molecule has 1 aliphatic heterocycles. The minimum absolute atomic E-state index is 0.0284. The lowest BCUT2D eigenvalue weighted by Crippen LogP contribution is -2.48. The number of amides is 1. The van der Waals surface area contributed by atoms with Gasteiger partial charge in [0.05, 0.1) is 5.92 Å². The maximum absolute atomic E-state index is 12.0. The van der Waals surface area contributed by atoms with Crippen molar-refractivity contribution in [3.8, 4) is 0 Å². The van der Waals surface area contributed by atoms with Crippen LogP contribution in [0.15, 0.2) is 0 Å². The van der Waals surface area contributed by atoms with Gasteiger partial charge in [0.15, 0.2) is 0 Å². The largest absolute Gasteiger partial charge is 0.351 e. The molecule has 0 aromatic heterocycles. The highest BCUT2D eigenvalue weighted by molar-refractivity contribution is 5.80. The van der Waals surface area contributed by atoms with Gasteiger partial charge in [-0.15, -0.1) is 0 Å². The van der Waals surface area contributed by atoms with Crippen LogP contribution in [0, 0.1) is 11.8 Å². The van der Waals surface area contributed by atoms with Crippen molar-refractivity contribution in [3.05, 3.63) is 0 Å². The second-order valence-corrected chi connectivity index (χ2v) is 5.00. The van der Waals surface area contributed by atoms with Crippen LogP contribution in [0.5, 0.6) is 0 Å². The Hall–Kier alpha value is -0.570. The normalized spacial score (nSPS) is 26.7. The quantitative estimate of drug-likeness (QED) is 0.742. The topological polar surface area (TPSA) is 41.1 Å². The lowest BCUT2D eigenvalue weighted by atomic mass is 9.92. The van der Waals surface area contributed by atoms with Crippen LogP contribution in [0.25, 0.3) is 0 Å². The third-order valence-electron chi connectivity index (χ3n) is 3.84. The molecule has 15 heavy (non-hydrogen) atoms. The third kappa shape index (κ3) is 2.94. The van der Waals surface area contributed by atoms with E-state index in [1.807, 2.05) is 0 Å². The Kier molecular flexibility index (Phi) is 4.14. The Morgan fingerprint density at radius 2 is 2.00 bits per heavy atom. The molecular formula is C12H24N2O. The molecule has 3 nitrogen and oxygen atoms in total. The molecule has 0 spiro atoms. The zero-order valence-corrected chi connectivity index (χ0v) is 10.4. The maximum Gasteiger partial charge on any atom is 0.225 e. The third-order valence-corrected chi connectivity index (χ3v) is 3.84. The Bertz CT molecular complexity index is 224. The summed E-state index contributed by atoms with van der Waals surface area (Å²) in [5.74, 6) is 0.837. The SMILES string of the molecule is CCC(C)(CC)NC(=O)[C@@H]1CNC[C@H]1C. The molecule has 1 amide bonds. The van der Waals surface area contributed by atoms with E-state index in [0.29, 0.717) is 5.92 Å². The first-order valence-corrected chi connectivity index (χ1v) is 6.05. The lowest BCUT2D eigenvalue weighted by molar-refractivity contribution is -0.127. The lowest BCUT2D eigenvalue weighted by Gasteiger charge is -2.30. The second-order valence-electron chi connectivity index (χ2n) is 5.00. The van der Waals surface area contributed by atoms with Crippen LogP contribution in [0.1, 0.15) is 40.5 Å². The molecule has 88 valence electrons. The molecule has 1 aliphatic rings. The van der Waals surface area contributed by atoms with Crippen molar-refractivity contribution < 1.29 is 4.79 Å². The van der Waals surface area contributed by atoms with E-state index in [1.165, 1.54) is 0 Å². The van der Waals surface area contributed by atoms with E-state index in [1.54, 1.807) is 0 Å². The summed E-state index contributed by atoms with van der Waals surface area (Å²) in [6.45, 7) is 10.3. The molecule has 1 saturated heterocycles. The Balaban J connectivity index is 2.54. The summed E-state index contributed by atoms with van der Waals surface area (Å²) in [6.07, 6.45) is 1.98. The molecule has 0 aliphatic carbocycles. The van der Waals surface area contributed by atoms with Gasteiger partial charge in [0, 0.05) is 12.1 Å². The van der Waals surface area contributed by atoms with Gasteiger partial charge in [0.25, 0.3) is 0 Å². The summed E-state index contributed by atoms with van der Waals surface area (Å²) in [6, 6.07) is 0. The van der Waals surface area contributed by atoms with Crippen molar-refractivity contribution in [3.63, 3.8) is 0 Å². The molecule has 0 unspecified atom stereocenters. The number of nitrogens with one attached hydrogen (secondary N) is 2. The van der Waals surface area contributed by atoms with Gasteiger partial charge in [0.2, 0.25) is 5.91 Å². The zero-order valence-electron chi connectivity index (χ0n) is 10.4. The Morgan fingerprint density at radius 1 is 1.40 bits per heavy atom. The molecule has 2 atom stereocenters. The van der Waals surface area contributed by atoms with Gasteiger partial charge in [-0.2, -0.15) is 0 Å². The summed E-state index contributed by atoms with van der Waals surface area (Å²) in [7, 11) is 0. The van der Waals surface area contributed by atoms with Gasteiger partial charge < -0.3 is 10.6 Å². The van der Waals surface area contributed by atoms with E-state index in [0.717, 1.165) is 25.9 Å². The van der Waals surface area contributed by atoms with Gasteiger partial charge in [0.1, 0.15) is 0 Å². The van der Waals surface area contributed by atoms with E-state index in [-0.39, 0.29) is 17.4 Å². The predicted molar refractivity (Wildman–Crippen MR) is 62.7 cm³/mol. The molecule has 1 rings (SSSR count). The van der Waals surface area contributed by atoms with Crippen molar-refractivity contribution in [2.45, 2.75) is 46.1 Å². The fraction of sp³-hybridized carbons (Fsp3) is 0.917. The van der Waals surface area contributed by atoms with Crippen molar-refractivity contribution in [1.82, 2.24) is 10.6 Å². The zero-order chi connectivity index (χ0) is 11.5. The van der Waals surface area contributed by atoms with Crippen LogP contribution in [0.4, 0.5) is 0 Å². The van der Waals surface area contributed by atoms with E-state index in [2.05, 4.69) is 38.3 Å². The molecule has 0 aromatic carbocycles. The number of carbonyl (C=O) groups is 1. The summed E-state index contributed by atoms with van der Waals surface area (Å²) < 4.78 is 0. The van der Waals surface area contributed by atoms with Crippen molar-refractivity contribution in [1.29, 1.82) is 0 Å². The van der Waals surface area contributed by atoms with Crippen LogP contribution in [-0.2, 0) is 4.79 Å². The minimum atomic E-state index is -0.0284. The fourth-order valence-electron chi connectivity index (χ4n) is 1.98. The summed E-state index contributed by atoms with van der Waals surface area (Å²) in [4.78, 5) is 12.0. The molecule has 2 N–H and O–H groups in total. The second kappa shape index (κ2) is 4.97. The van der Waals surface area contributed by atoms with E-state index < -0.39 is 0 Å². The molecule has 3 heteroatoms. The summed E-state index contributed by atoms with van der Waals surface area (Å²) in [5, 5.41) is 6.45. The number of carbonyl (C=O) groups excluding carboxylic acids is 1. The van der Waals surface area contributed by atoms with Crippen LogP contribution in [-0.4, -0.2) is 24.5 Å². The fourth-order valence-corrected chi connectivity index (χ4v) is 1.98. The molecule has 0 saturated carbocycles. The summed E-state index contributed by atoms with van der Waals surface area (Å²) in [5.41, 5.74) is -0.0284. The van der Waals surface area contributed by atoms with E-state index in [9.17, 15) is 4.79 Å². The van der Waals surface area contributed by atoms with Gasteiger partial charge in [-0.05, 0) is 32.2 Å². The standard InChI is InChI=1S/C12H24N2O/c1-5-12(4,6-2)14-11(15)10-8-13-7-9(10)3/h9-10,13H,5-8H2,1-4H3,(H,14,15)/t9-,10-/m1/s1. The average Bonchev–Trinajstić information content (AvgIpc) is 2.64. The highest BCUT2D eigenvalue weighted by atomic mass is 16.2. The molecular weight excluding hydrogens is 188 g/mol. The number of rotatable bonds is 4. The van der Waals surface area contributed by atoms with Crippen molar-refractivity contribution >= 4 is 5.91 Å². The minimum Gasteiger partial charge on any atom is -0.351 e. The molecule has 0 radical (unpaired) electrons. The number of hydrogen-bond acceptors (Lipinski definition) is 2. The average molecular weight is 212 g/mol. The van der Waals surface area contributed by atoms with Gasteiger partial charge in [-0.25, -0.2) is 0 Å². The highest BCUT2D eigenvalue weighted by Gasteiger charge is 2.32. The van der Waals surface area contributed by atoms with E-state index in [4.69, 9.17) is 0 Å². The summed E-state index contributed by atoms with van der Waals surface area (Å²) >= 11 is 0. The smallest absolute Gasteiger partial charge is 0.225 e. The van der Waals surface area contributed by atoms with Crippen LogP contribution in [0.3, 0.4) is 0 Å². The van der Waals surface area contributed by atoms with Crippen LogP contribution in [0.2, 0.25) is 0 Å². The van der Waals surface area contributed by atoms with Gasteiger partial charge >= 0.3 is 0 Å². The molecule has 1 heterocycles. The number of hydrogen-bond donors (Lipinski definition) is 2. The maximum atomic E-state index is 12.0. The first kappa shape index (κ1) is 12.5. The van der Waals surface area contributed by atoms with Crippen LogP contribution < -0.4 is 10.6 Å². The van der Waals surface area contributed by atoms with Crippen molar-refractivity contribution in [2.75, 3.05) is 13.1 Å². The van der Waals surface area contributed by atoms with Gasteiger partial charge in [-0.3, -0.25) is 4.79 Å². The highest BCUT2D eigenvalue weighted by Crippen LogP contribution is 2.19. The Labute approximate surface area is 93.0 Å². The monoisotopic (exact) mass is 212 g/mol. The van der Waals surface area contributed by atoms with Crippen molar-refractivity contribution in [2.24, 2.45) is 11.8 Å². The first-order valence-electron chi connectivity index (χ1n) is 6.05. The Morgan fingerprint density at radius 3 is 2.40 bits per heavy atom. The molecule has 1 fully saturated rings. The van der Waals surface area contributed by atoms with Crippen LogP contribution >= 0.6 is 0 Å². The first-order chi connectivity index (χ1) is 7.02. The van der Waals surface area contributed by atoms with Gasteiger partial charge in [-0.1, -0.05) is 20.8 Å².